The highest BCUT2D eigenvalue weighted by atomic mass is 16.5. The predicted octanol–water partition coefficient (Wildman–Crippen LogP) is 4.38. The first-order valence-electron chi connectivity index (χ1n) is 10.6. The van der Waals surface area contributed by atoms with Crippen molar-refractivity contribution in [2.45, 2.75) is 26.5 Å². The number of benzene rings is 2. The number of hydrogen-bond donors (Lipinski definition) is 0. The van der Waals surface area contributed by atoms with E-state index < -0.39 is 0 Å². The minimum absolute atomic E-state index is 0.197. The zero-order valence-electron chi connectivity index (χ0n) is 18.4. The Balaban J connectivity index is 1.40. The molecular weight excluding hydrogens is 402 g/mol. The lowest BCUT2D eigenvalue weighted by Crippen LogP contribution is -2.23. The maximum Gasteiger partial charge on any atom is 0.174 e. The van der Waals surface area contributed by atoms with Crippen molar-refractivity contribution in [1.29, 1.82) is 0 Å². The van der Waals surface area contributed by atoms with Crippen molar-refractivity contribution in [3.63, 3.8) is 0 Å². The molecule has 0 bridgehead atoms. The van der Waals surface area contributed by atoms with E-state index in [1.54, 1.807) is 13.4 Å². The number of ether oxygens (including phenoxy) is 2. The molecule has 0 fully saturated rings. The van der Waals surface area contributed by atoms with Crippen LogP contribution in [0.1, 0.15) is 40.1 Å². The largest absolute Gasteiger partial charge is 0.495 e. The Bertz CT molecular complexity index is 1270. The van der Waals surface area contributed by atoms with Gasteiger partial charge in [-0.25, -0.2) is 14.6 Å². The highest BCUT2D eigenvalue weighted by Crippen LogP contribution is 2.29. The van der Waals surface area contributed by atoms with Gasteiger partial charge in [-0.3, -0.25) is 0 Å². The molecule has 32 heavy (non-hydrogen) atoms. The average Bonchev–Trinajstić information content (AvgIpc) is 3.43. The van der Waals surface area contributed by atoms with Gasteiger partial charge in [-0.1, -0.05) is 42.0 Å². The first-order valence-corrected chi connectivity index (χ1v) is 10.6. The summed E-state index contributed by atoms with van der Waals surface area (Å²) in [7, 11) is 1.67. The molecule has 162 valence electrons. The van der Waals surface area contributed by atoms with Crippen molar-refractivity contribution < 1.29 is 9.47 Å². The van der Waals surface area contributed by atoms with Gasteiger partial charge in [0.15, 0.2) is 11.6 Å². The normalized spacial score (nSPS) is 15.8. The minimum Gasteiger partial charge on any atom is -0.495 e. The third kappa shape index (κ3) is 3.94. The van der Waals surface area contributed by atoms with E-state index in [2.05, 4.69) is 41.3 Å². The van der Waals surface area contributed by atoms with E-state index in [1.807, 2.05) is 52.7 Å². The number of rotatable bonds is 5. The SMILES string of the molecule is COc1cc(C=Cc2nc3n(n2)CCOC3c2ccc(C)cc2)ccc1-n1cnc(C)c1. The lowest BCUT2D eigenvalue weighted by atomic mass is 10.1. The van der Waals surface area contributed by atoms with E-state index in [-0.39, 0.29) is 6.10 Å². The molecule has 1 unspecified atom stereocenters. The molecule has 3 heterocycles. The van der Waals surface area contributed by atoms with Crippen molar-refractivity contribution >= 4 is 12.2 Å². The molecule has 0 saturated carbocycles. The fourth-order valence-electron chi connectivity index (χ4n) is 3.85. The Kier molecular flexibility index (Phi) is 5.33. The summed E-state index contributed by atoms with van der Waals surface area (Å²) < 4.78 is 15.5. The average molecular weight is 428 g/mol. The van der Waals surface area contributed by atoms with Crippen LogP contribution in [0.15, 0.2) is 55.0 Å². The van der Waals surface area contributed by atoms with E-state index in [1.165, 1.54) is 5.56 Å². The van der Waals surface area contributed by atoms with Crippen LogP contribution in [0.25, 0.3) is 17.8 Å². The zero-order chi connectivity index (χ0) is 22.1. The van der Waals surface area contributed by atoms with Gasteiger partial charge in [0.1, 0.15) is 11.9 Å². The molecule has 7 nitrogen and oxygen atoms in total. The summed E-state index contributed by atoms with van der Waals surface area (Å²) in [6, 6.07) is 14.4. The van der Waals surface area contributed by atoms with Gasteiger partial charge in [0, 0.05) is 6.20 Å². The van der Waals surface area contributed by atoms with E-state index in [0.717, 1.165) is 34.1 Å². The molecule has 1 atom stereocenters. The lowest BCUT2D eigenvalue weighted by molar-refractivity contribution is 0.0389. The predicted molar refractivity (Wildman–Crippen MR) is 123 cm³/mol. The molecular formula is C25H25N5O2. The summed E-state index contributed by atoms with van der Waals surface area (Å²) in [5.74, 6) is 2.27. The van der Waals surface area contributed by atoms with Crippen molar-refractivity contribution in [2.75, 3.05) is 13.7 Å². The van der Waals surface area contributed by atoms with Gasteiger partial charge in [0.2, 0.25) is 0 Å². The van der Waals surface area contributed by atoms with Gasteiger partial charge in [0.05, 0.1) is 38.0 Å². The lowest BCUT2D eigenvalue weighted by Gasteiger charge is -2.23. The van der Waals surface area contributed by atoms with Crippen molar-refractivity contribution in [1.82, 2.24) is 24.3 Å². The van der Waals surface area contributed by atoms with Crippen LogP contribution in [0.4, 0.5) is 0 Å². The van der Waals surface area contributed by atoms with E-state index in [0.29, 0.717) is 19.0 Å². The van der Waals surface area contributed by atoms with Gasteiger partial charge in [-0.2, -0.15) is 5.10 Å². The summed E-state index contributed by atoms with van der Waals surface area (Å²) in [4.78, 5) is 9.05. The van der Waals surface area contributed by atoms with Gasteiger partial charge < -0.3 is 14.0 Å². The van der Waals surface area contributed by atoms with Crippen LogP contribution in [-0.2, 0) is 11.3 Å². The first-order chi connectivity index (χ1) is 15.6. The Morgan fingerprint density at radius 1 is 1.09 bits per heavy atom. The van der Waals surface area contributed by atoms with Crippen LogP contribution in [-0.4, -0.2) is 38.0 Å². The standard InChI is InChI=1S/C25H25N5O2/c1-17-4-8-20(9-5-17)24-25-27-23(28-30(25)12-13-32-24)11-7-19-6-10-21(22(14-19)31-3)29-15-18(2)26-16-29/h4-11,14-16,24H,12-13H2,1-3H3. The van der Waals surface area contributed by atoms with E-state index in [9.17, 15) is 0 Å². The van der Waals surface area contributed by atoms with E-state index in [4.69, 9.17) is 14.5 Å². The summed E-state index contributed by atoms with van der Waals surface area (Å²) in [5, 5.41) is 4.66. The van der Waals surface area contributed by atoms with Crippen LogP contribution in [0.5, 0.6) is 5.75 Å². The van der Waals surface area contributed by atoms with Gasteiger partial charge in [0.25, 0.3) is 0 Å². The monoisotopic (exact) mass is 427 g/mol. The summed E-state index contributed by atoms with van der Waals surface area (Å²) >= 11 is 0. The summed E-state index contributed by atoms with van der Waals surface area (Å²) in [5.41, 5.74) is 5.22. The maximum atomic E-state index is 6.02. The number of nitrogens with zero attached hydrogens (tertiary/aromatic N) is 5. The number of aromatic nitrogens is 5. The highest BCUT2D eigenvalue weighted by molar-refractivity contribution is 5.69. The van der Waals surface area contributed by atoms with Crippen LogP contribution < -0.4 is 4.74 Å². The van der Waals surface area contributed by atoms with Gasteiger partial charge >= 0.3 is 0 Å². The molecule has 7 heteroatoms. The van der Waals surface area contributed by atoms with Crippen LogP contribution in [0, 0.1) is 13.8 Å². The van der Waals surface area contributed by atoms with Crippen molar-refractivity contribution in [2.24, 2.45) is 0 Å². The number of fused-ring (bicyclic) bond motifs is 1. The van der Waals surface area contributed by atoms with Crippen LogP contribution in [0.3, 0.4) is 0 Å². The van der Waals surface area contributed by atoms with Crippen LogP contribution in [0.2, 0.25) is 0 Å². The molecule has 0 N–H and O–H groups in total. The molecule has 4 aromatic rings. The second kappa shape index (κ2) is 8.43. The second-order valence-corrected chi connectivity index (χ2v) is 7.90. The van der Waals surface area contributed by atoms with Gasteiger partial charge in [-0.15, -0.1) is 0 Å². The Morgan fingerprint density at radius 3 is 2.69 bits per heavy atom. The molecule has 2 aromatic carbocycles. The number of methoxy groups -OCH3 is 1. The molecule has 0 amide bonds. The molecule has 1 aliphatic heterocycles. The van der Waals surface area contributed by atoms with Crippen LogP contribution >= 0.6 is 0 Å². The quantitative estimate of drug-likeness (QED) is 0.473. The molecule has 1 aliphatic rings. The zero-order valence-corrected chi connectivity index (χ0v) is 18.4. The smallest absolute Gasteiger partial charge is 0.174 e. The summed E-state index contributed by atoms with van der Waals surface area (Å²) in [6.45, 7) is 5.36. The second-order valence-electron chi connectivity index (χ2n) is 7.90. The third-order valence-corrected chi connectivity index (χ3v) is 5.54. The molecule has 0 aliphatic carbocycles. The van der Waals surface area contributed by atoms with E-state index >= 15 is 0 Å². The molecule has 0 radical (unpaired) electrons. The van der Waals surface area contributed by atoms with Gasteiger partial charge in [-0.05, 0) is 43.2 Å². The molecule has 5 rings (SSSR count). The molecule has 0 spiro atoms. The minimum atomic E-state index is -0.197. The fourth-order valence-corrected chi connectivity index (χ4v) is 3.85. The highest BCUT2D eigenvalue weighted by Gasteiger charge is 2.26. The fraction of sp³-hybridized carbons (Fsp3) is 0.240. The maximum absolute atomic E-state index is 6.02. The molecule has 0 saturated heterocycles. The Morgan fingerprint density at radius 2 is 1.94 bits per heavy atom. The Hall–Kier alpha value is -3.71. The number of imidazole rings is 1. The topological polar surface area (TPSA) is 67.0 Å². The van der Waals surface area contributed by atoms with Crippen molar-refractivity contribution in [3.8, 4) is 11.4 Å². The number of hydrogen-bond acceptors (Lipinski definition) is 5. The Labute approximate surface area is 187 Å². The first kappa shape index (κ1) is 20.2. The summed E-state index contributed by atoms with van der Waals surface area (Å²) in [6.07, 6.45) is 7.48. The molecule has 2 aromatic heterocycles. The van der Waals surface area contributed by atoms with Crippen molar-refractivity contribution in [3.05, 3.63) is 89.0 Å². The third-order valence-electron chi connectivity index (χ3n) is 5.54. The number of aryl methyl sites for hydroxylation is 2.